The van der Waals surface area contributed by atoms with Gasteiger partial charge in [-0.15, -0.1) is 0 Å². The predicted molar refractivity (Wildman–Crippen MR) is 94.7 cm³/mol. The van der Waals surface area contributed by atoms with Gasteiger partial charge in [-0.2, -0.15) is 5.10 Å². The number of hydrogen-bond donors (Lipinski definition) is 2. The third-order valence-electron chi connectivity index (χ3n) is 4.38. The van der Waals surface area contributed by atoms with Crippen LogP contribution in [0.2, 0.25) is 0 Å². The zero-order valence-electron chi connectivity index (χ0n) is 14.0. The van der Waals surface area contributed by atoms with Gasteiger partial charge in [-0.1, -0.05) is 12.1 Å². The van der Waals surface area contributed by atoms with Gasteiger partial charge in [-0.05, 0) is 25.5 Å². The number of para-hydroxylation sites is 1. The number of nitrogens with zero attached hydrogens (tertiary/aromatic N) is 4. The lowest BCUT2D eigenvalue weighted by atomic mass is 10.2. The standard InChI is InChI=1S/C17H18N6O2/c1-10-9-14(22(2)21-10)23-8-7-13(16(23)25)19-17-18-12-6-4-3-5-11(12)15(24)20-17/h3-6,9,13H,7-8H2,1-2H3,(H2,18,19,20,24). The molecule has 1 saturated heterocycles. The van der Waals surface area contributed by atoms with Gasteiger partial charge >= 0.3 is 0 Å². The van der Waals surface area contributed by atoms with Crippen molar-refractivity contribution >= 4 is 28.6 Å². The molecule has 0 spiro atoms. The Kier molecular flexibility index (Phi) is 3.52. The van der Waals surface area contributed by atoms with E-state index in [0.29, 0.717) is 29.8 Å². The van der Waals surface area contributed by atoms with Gasteiger partial charge in [0.15, 0.2) is 0 Å². The van der Waals surface area contributed by atoms with Crippen LogP contribution in [0.15, 0.2) is 35.1 Å². The van der Waals surface area contributed by atoms with Gasteiger partial charge in [0.1, 0.15) is 11.9 Å². The normalized spacial score (nSPS) is 17.4. The highest BCUT2D eigenvalue weighted by Crippen LogP contribution is 2.23. The van der Waals surface area contributed by atoms with Crippen LogP contribution in [0, 0.1) is 6.92 Å². The Hall–Kier alpha value is -3.16. The molecule has 0 aliphatic carbocycles. The molecule has 1 aliphatic heterocycles. The second-order valence-corrected chi connectivity index (χ2v) is 6.17. The van der Waals surface area contributed by atoms with Crippen LogP contribution < -0.4 is 15.8 Å². The highest BCUT2D eigenvalue weighted by atomic mass is 16.2. The van der Waals surface area contributed by atoms with E-state index in [0.717, 1.165) is 11.5 Å². The van der Waals surface area contributed by atoms with Crippen molar-refractivity contribution in [2.24, 2.45) is 7.05 Å². The van der Waals surface area contributed by atoms with Crippen molar-refractivity contribution in [1.82, 2.24) is 19.7 Å². The molecule has 25 heavy (non-hydrogen) atoms. The fraction of sp³-hybridized carbons (Fsp3) is 0.294. The Balaban J connectivity index is 1.59. The fourth-order valence-corrected chi connectivity index (χ4v) is 3.21. The van der Waals surface area contributed by atoms with Crippen molar-refractivity contribution in [3.63, 3.8) is 0 Å². The summed E-state index contributed by atoms with van der Waals surface area (Å²) >= 11 is 0. The predicted octanol–water partition coefficient (Wildman–Crippen LogP) is 1.18. The SMILES string of the molecule is Cc1cc(N2CCC(Nc3nc4ccccc4c(=O)[nH]3)C2=O)n(C)n1. The second-order valence-electron chi connectivity index (χ2n) is 6.17. The molecular weight excluding hydrogens is 320 g/mol. The summed E-state index contributed by atoms with van der Waals surface area (Å²) in [4.78, 5) is 33.7. The summed E-state index contributed by atoms with van der Waals surface area (Å²) in [7, 11) is 1.82. The maximum atomic E-state index is 12.7. The van der Waals surface area contributed by atoms with Crippen LogP contribution >= 0.6 is 0 Å². The second kappa shape index (κ2) is 5.73. The van der Waals surface area contributed by atoms with Crippen LogP contribution in [0.4, 0.5) is 11.8 Å². The molecule has 0 radical (unpaired) electrons. The number of aryl methyl sites for hydroxylation is 2. The lowest BCUT2D eigenvalue weighted by Crippen LogP contribution is -2.35. The number of amides is 1. The molecular formula is C17H18N6O2. The summed E-state index contributed by atoms with van der Waals surface area (Å²) in [5, 5.41) is 7.88. The van der Waals surface area contributed by atoms with E-state index in [9.17, 15) is 9.59 Å². The van der Waals surface area contributed by atoms with Crippen LogP contribution in [0.3, 0.4) is 0 Å². The monoisotopic (exact) mass is 338 g/mol. The van der Waals surface area contributed by atoms with Crippen molar-refractivity contribution in [3.8, 4) is 0 Å². The lowest BCUT2D eigenvalue weighted by Gasteiger charge is -2.17. The molecule has 1 fully saturated rings. The van der Waals surface area contributed by atoms with Crippen LogP contribution in [-0.2, 0) is 11.8 Å². The number of nitrogens with one attached hydrogen (secondary N) is 2. The van der Waals surface area contributed by atoms with Gasteiger partial charge in [0.25, 0.3) is 11.5 Å². The third-order valence-corrected chi connectivity index (χ3v) is 4.38. The summed E-state index contributed by atoms with van der Waals surface area (Å²) in [6.45, 7) is 2.48. The minimum absolute atomic E-state index is 0.0567. The molecule has 1 amide bonds. The average molecular weight is 338 g/mol. The maximum Gasteiger partial charge on any atom is 0.260 e. The van der Waals surface area contributed by atoms with Crippen molar-refractivity contribution < 1.29 is 4.79 Å². The van der Waals surface area contributed by atoms with E-state index in [1.807, 2.05) is 26.1 Å². The molecule has 2 N–H and O–H groups in total. The van der Waals surface area contributed by atoms with Crippen molar-refractivity contribution in [1.29, 1.82) is 0 Å². The largest absolute Gasteiger partial charge is 0.344 e. The Morgan fingerprint density at radius 1 is 1.28 bits per heavy atom. The lowest BCUT2D eigenvalue weighted by molar-refractivity contribution is -0.117. The molecule has 0 saturated carbocycles. The quantitative estimate of drug-likeness (QED) is 0.748. The minimum atomic E-state index is -0.431. The first-order chi connectivity index (χ1) is 12.0. The topological polar surface area (TPSA) is 95.9 Å². The van der Waals surface area contributed by atoms with Crippen molar-refractivity contribution in [2.45, 2.75) is 19.4 Å². The molecule has 3 aromatic rings. The zero-order valence-corrected chi connectivity index (χ0v) is 14.0. The van der Waals surface area contributed by atoms with E-state index >= 15 is 0 Å². The van der Waals surface area contributed by atoms with Gasteiger partial charge in [-0.3, -0.25) is 24.2 Å². The molecule has 1 atom stereocenters. The number of anilines is 2. The van der Waals surface area contributed by atoms with Gasteiger partial charge < -0.3 is 5.32 Å². The number of rotatable bonds is 3. The van der Waals surface area contributed by atoms with Crippen LogP contribution in [0.5, 0.6) is 0 Å². The number of H-pyrrole nitrogens is 1. The summed E-state index contributed by atoms with van der Waals surface area (Å²) < 4.78 is 1.70. The van der Waals surface area contributed by atoms with E-state index in [2.05, 4.69) is 20.4 Å². The number of aromatic amines is 1. The third kappa shape index (κ3) is 2.65. The molecule has 1 aromatic carbocycles. The smallest absolute Gasteiger partial charge is 0.260 e. The summed E-state index contributed by atoms with van der Waals surface area (Å²) in [6.07, 6.45) is 0.625. The Labute approximate surface area is 143 Å². The molecule has 2 aromatic heterocycles. The number of carbonyl (C=O) groups is 1. The molecule has 8 nitrogen and oxygen atoms in total. The molecule has 0 bridgehead atoms. The average Bonchev–Trinajstić information content (AvgIpc) is 3.10. The maximum absolute atomic E-state index is 12.7. The van der Waals surface area contributed by atoms with E-state index in [-0.39, 0.29) is 11.5 Å². The zero-order chi connectivity index (χ0) is 17.6. The number of carbonyl (C=O) groups excluding carboxylic acids is 1. The first-order valence-electron chi connectivity index (χ1n) is 8.10. The van der Waals surface area contributed by atoms with E-state index in [1.165, 1.54) is 0 Å². The number of benzene rings is 1. The molecule has 128 valence electrons. The fourth-order valence-electron chi connectivity index (χ4n) is 3.21. The van der Waals surface area contributed by atoms with Gasteiger partial charge in [-0.25, -0.2) is 4.98 Å². The molecule has 4 rings (SSSR count). The first kappa shape index (κ1) is 15.4. The Bertz CT molecular complexity index is 1020. The minimum Gasteiger partial charge on any atom is -0.344 e. The molecule has 8 heteroatoms. The van der Waals surface area contributed by atoms with Crippen molar-refractivity contribution in [2.75, 3.05) is 16.8 Å². The highest BCUT2D eigenvalue weighted by molar-refractivity contribution is 6.00. The van der Waals surface area contributed by atoms with E-state index in [4.69, 9.17) is 0 Å². The van der Waals surface area contributed by atoms with Crippen LogP contribution in [-0.4, -0.2) is 38.2 Å². The van der Waals surface area contributed by atoms with Crippen LogP contribution in [0.25, 0.3) is 10.9 Å². The van der Waals surface area contributed by atoms with Gasteiger partial charge in [0, 0.05) is 19.7 Å². The molecule has 1 aliphatic rings. The molecule has 1 unspecified atom stereocenters. The number of aromatic nitrogens is 4. The molecule has 3 heterocycles. The van der Waals surface area contributed by atoms with Crippen LogP contribution in [0.1, 0.15) is 12.1 Å². The summed E-state index contributed by atoms with van der Waals surface area (Å²) in [5.74, 6) is 1.02. The number of fused-ring (bicyclic) bond motifs is 1. The van der Waals surface area contributed by atoms with E-state index < -0.39 is 6.04 Å². The Morgan fingerprint density at radius 3 is 2.84 bits per heavy atom. The Morgan fingerprint density at radius 2 is 2.08 bits per heavy atom. The van der Waals surface area contributed by atoms with Crippen molar-refractivity contribution in [3.05, 3.63) is 46.4 Å². The highest BCUT2D eigenvalue weighted by Gasteiger charge is 2.34. The van der Waals surface area contributed by atoms with Gasteiger partial charge in [0.2, 0.25) is 5.95 Å². The summed E-state index contributed by atoms with van der Waals surface area (Å²) in [6, 6.07) is 8.57. The van der Waals surface area contributed by atoms with Gasteiger partial charge in [0.05, 0.1) is 16.6 Å². The first-order valence-corrected chi connectivity index (χ1v) is 8.10. The van der Waals surface area contributed by atoms with E-state index in [1.54, 1.807) is 27.8 Å². The number of hydrogen-bond acceptors (Lipinski definition) is 5. The summed E-state index contributed by atoms with van der Waals surface area (Å²) in [5.41, 5.74) is 1.23.